The summed E-state index contributed by atoms with van der Waals surface area (Å²) < 4.78 is 29.5. The van der Waals surface area contributed by atoms with E-state index in [1.807, 2.05) is 0 Å². The zero-order chi connectivity index (χ0) is 23.2. The number of anilines is 1. The number of allylic oxidation sites excluding steroid dienone is 2. The van der Waals surface area contributed by atoms with Gasteiger partial charge in [-0.3, -0.25) is 9.59 Å². The topological polar surface area (TPSA) is 109 Å². The second-order valence-corrected chi connectivity index (χ2v) is 7.97. The second-order valence-electron chi connectivity index (χ2n) is 7.97. The molecule has 3 N–H and O–H groups in total. The molecule has 1 aliphatic carbocycles. The number of fused-ring (bicyclic) bond motifs is 1. The van der Waals surface area contributed by atoms with Crippen LogP contribution in [0, 0.1) is 5.92 Å². The fourth-order valence-corrected chi connectivity index (χ4v) is 3.83. The third-order valence-corrected chi connectivity index (χ3v) is 5.93. The van der Waals surface area contributed by atoms with Crippen molar-refractivity contribution in [2.45, 2.75) is 38.9 Å². The van der Waals surface area contributed by atoms with Gasteiger partial charge in [0.05, 0.1) is 17.1 Å². The van der Waals surface area contributed by atoms with Crippen molar-refractivity contribution in [1.82, 2.24) is 14.9 Å². The van der Waals surface area contributed by atoms with Gasteiger partial charge in [-0.25, -0.2) is 13.8 Å². The molecule has 3 unspecified atom stereocenters. The first-order valence-corrected chi connectivity index (χ1v) is 10.3. The Morgan fingerprint density at radius 2 is 2.16 bits per heavy atom. The molecule has 2 aliphatic rings. The monoisotopic (exact) mass is 443 g/mol. The Morgan fingerprint density at radius 3 is 2.78 bits per heavy atom. The van der Waals surface area contributed by atoms with Crippen molar-refractivity contribution in [1.29, 1.82) is 0 Å². The zero-order valence-corrected chi connectivity index (χ0v) is 17.8. The first-order chi connectivity index (χ1) is 15.3. The number of carbonyl (C=O) groups excluding carboxylic acids is 1. The fraction of sp³-hybridized carbons (Fsp3) is 0.364. The van der Waals surface area contributed by atoms with Gasteiger partial charge in [0, 0.05) is 42.0 Å². The van der Waals surface area contributed by atoms with Crippen LogP contribution in [0.25, 0.3) is 16.5 Å². The lowest BCUT2D eigenvalue weighted by Crippen LogP contribution is -2.37. The minimum absolute atomic E-state index is 0.207. The van der Waals surface area contributed by atoms with Crippen LogP contribution >= 0.6 is 0 Å². The summed E-state index contributed by atoms with van der Waals surface area (Å²) in [6, 6.07) is 2.27. The Kier molecular flexibility index (Phi) is 5.53. The van der Waals surface area contributed by atoms with Gasteiger partial charge in [-0.15, -0.1) is 0 Å². The van der Waals surface area contributed by atoms with E-state index in [1.165, 1.54) is 17.0 Å². The van der Waals surface area contributed by atoms with E-state index in [-0.39, 0.29) is 34.6 Å². The van der Waals surface area contributed by atoms with E-state index in [2.05, 4.69) is 20.8 Å². The minimum Gasteiger partial charge on any atom is -0.411 e. The molecule has 0 spiro atoms. The van der Waals surface area contributed by atoms with Gasteiger partial charge in [-0.2, -0.15) is 0 Å². The lowest BCUT2D eigenvalue weighted by Gasteiger charge is -2.25. The first-order valence-electron chi connectivity index (χ1n) is 10.3. The maximum Gasteiger partial charge on any atom is 0.258 e. The molecule has 2 aromatic heterocycles. The average Bonchev–Trinajstić information content (AvgIpc) is 3.52. The summed E-state index contributed by atoms with van der Waals surface area (Å²) >= 11 is 0. The molecule has 0 bridgehead atoms. The quantitative estimate of drug-likeness (QED) is 0.374. The Labute approximate surface area is 182 Å². The Hall–Kier alpha value is -3.56. The molecule has 0 radical (unpaired) electrons. The smallest absolute Gasteiger partial charge is 0.258 e. The van der Waals surface area contributed by atoms with E-state index in [0.29, 0.717) is 22.9 Å². The number of rotatable bonds is 5. The third-order valence-electron chi connectivity index (χ3n) is 5.93. The van der Waals surface area contributed by atoms with Crippen LogP contribution in [0.4, 0.5) is 14.6 Å². The summed E-state index contributed by atoms with van der Waals surface area (Å²) in [5.74, 6) is -1.39. The standard InChI is InChI=1S/C22H23F2N5O3/c1-4-16(28-32)20-19(24)10(2)14(9-26-20)12-5-11-8-25-18(7-17(11)29(3)22(12)31)27-21(30)13-6-15(13)23/h5,7-9,13,15,20,26,32H,4,6H2,1-3H3,(H,25,27,30)/b28-16+. The van der Waals surface area contributed by atoms with Crippen LogP contribution < -0.4 is 16.2 Å². The average molecular weight is 443 g/mol. The number of hydrogen-bond acceptors (Lipinski definition) is 6. The van der Waals surface area contributed by atoms with Gasteiger partial charge >= 0.3 is 0 Å². The largest absolute Gasteiger partial charge is 0.411 e. The summed E-state index contributed by atoms with van der Waals surface area (Å²) in [7, 11) is 1.57. The van der Waals surface area contributed by atoms with Crippen LogP contribution in [-0.2, 0) is 11.8 Å². The highest BCUT2D eigenvalue weighted by Crippen LogP contribution is 2.35. The van der Waals surface area contributed by atoms with Crippen LogP contribution in [0.3, 0.4) is 0 Å². The van der Waals surface area contributed by atoms with Gasteiger partial charge in [0.25, 0.3) is 5.56 Å². The number of pyridine rings is 2. The molecule has 3 heterocycles. The van der Waals surface area contributed by atoms with E-state index in [4.69, 9.17) is 5.21 Å². The van der Waals surface area contributed by atoms with Crippen molar-refractivity contribution in [2.24, 2.45) is 18.1 Å². The number of halogens is 2. The first kappa shape index (κ1) is 21.7. The fourth-order valence-electron chi connectivity index (χ4n) is 3.83. The zero-order valence-electron chi connectivity index (χ0n) is 17.8. The van der Waals surface area contributed by atoms with Crippen molar-refractivity contribution in [3.8, 4) is 0 Å². The van der Waals surface area contributed by atoms with Crippen molar-refractivity contribution in [2.75, 3.05) is 5.32 Å². The Balaban J connectivity index is 1.70. The van der Waals surface area contributed by atoms with E-state index in [9.17, 15) is 14.0 Å². The number of aryl methyl sites for hydroxylation is 1. The summed E-state index contributed by atoms with van der Waals surface area (Å²) in [6.45, 7) is 3.32. The van der Waals surface area contributed by atoms with Crippen LogP contribution in [0.5, 0.6) is 0 Å². The molecule has 168 valence electrons. The van der Waals surface area contributed by atoms with Crippen LogP contribution in [0.1, 0.15) is 32.3 Å². The maximum absolute atomic E-state index is 15.0. The molecule has 4 rings (SSSR count). The van der Waals surface area contributed by atoms with Crippen molar-refractivity contribution < 1.29 is 18.8 Å². The molecule has 8 nitrogen and oxygen atoms in total. The second kappa shape index (κ2) is 8.18. The highest BCUT2D eigenvalue weighted by molar-refractivity contribution is 5.97. The number of nitrogens with zero attached hydrogens (tertiary/aromatic N) is 3. The van der Waals surface area contributed by atoms with Gasteiger partial charge in [0.15, 0.2) is 0 Å². The molecule has 1 saturated carbocycles. The highest BCUT2D eigenvalue weighted by atomic mass is 19.1. The number of nitrogens with one attached hydrogen (secondary N) is 2. The predicted octanol–water partition coefficient (Wildman–Crippen LogP) is 3.03. The van der Waals surface area contributed by atoms with E-state index in [1.54, 1.807) is 33.0 Å². The van der Waals surface area contributed by atoms with Gasteiger partial charge < -0.3 is 20.4 Å². The molecule has 1 amide bonds. The molecular formula is C22H23F2N5O3. The van der Waals surface area contributed by atoms with Crippen molar-refractivity contribution >= 4 is 33.9 Å². The molecular weight excluding hydrogens is 420 g/mol. The highest BCUT2D eigenvalue weighted by Gasteiger charge is 2.43. The van der Waals surface area contributed by atoms with Crippen LogP contribution in [0.15, 0.2) is 45.9 Å². The van der Waals surface area contributed by atoms with Gasteiger partial charge in [0.1, 0.15) is 23.9 Å². The number of amides is 1. The molecule has 32 heavy (non-hydrogen) atoms. The van der Waals surface area contributed by atoms with Crippen molar-refractivity contribution in [3.63, 3.8) is 0 Å². The van der Waals surface area contributed by atoms with Crippen LogP contribution in [-0.4, -0.2) is 38.6 Å². The molecule has 3 atom stereocenters. The number of oxime groups is 1. The number of hydrogen-bond donors (Lipinski definition) is 3. The van der Waals surface area contributed by atoms with Gasteiger partial charge in [0.2, 0.25) is 5.91 Å². The predicted molar refractivity (Wildman–Crippen MR) is 117 cm³/mol. The van der Waals surface area contributed by atoms with E-state index < -0.39 is 29.9 Å². The number of aromatic nitrogens is 2. The van der Waals surface area contributed by atoms with Crippen molar-refractivity contribution in [3.05, 3.63) is 51.8 Å². The lowest BCUT2D eigenvalue weighted by atomic mass is 9.93. The number of alkyl halides is 1. The number of carbonyl (C=O) groups is 1. The minimum atomic E-state index is -1.12. The number of dihydropyridines is 1. The SMILES string of the molecule is CC/C(=N\O)C1NC=C(c2cc3cnc(NC(=O)C4CC4F)cc3n(C)c2=O)C(C)=C1F. The summed E-state index contributed by atoms with van der Waals surface area (Å²) in [6.07, 6.45) is 2.48. The summed E-state index contributed by atoms with van der Waals surface area (Å²) in [5, 5.41) is 18.3. The molecule has 0 saturated heterocycles. The lowest BCUT2D eigenvalue weighted by molar-refractivity contribution is -0.117. The van der Waals surface area contributed by atoms with Gasteiger partial charge in [-0.05, 0) is 31.4 Å². The maximum atomic E-state index is 15.0. The van der Waals surface area contributed by atoms with Gasteiger partial charge in [-0.1, -0.05) is 12.1 Å². The Morgan fingerprint density at radius 1 is 1.44 bits per heavy atom. The molecule has 0 aromatic carbocycles. The normalized spacial score (nSPS) is 23.1. The molecule has 10 heteroatoms. The van der Waals surface area contributed by atoms with Crippen LogP contribution in [0.2, 0.25) is 0 Å². The molecule has 2 aromatic rings. The van der Waals surface area contributed by atoms with E-state index >= 15 is 4.39 Å². The summed E-state index contributed by atoms with van der Waals surface area (Å²) in [4.78, 5) is 29.3. The molecule has 1 fully saturated rings. The Bertz CT molecular complexity index is 1260. The molecule has 1 aliphatic heterocycles. The summed E-state index contributed by atoms with van der Waals surface area (Å²) in [5.41, 5.74) is 1.32. The third kappa shape index (κ3) is 3.65. The van der Waals surface area contributed by atoms with E-state index in [0.717, 1.165) is 0 Å².